The third-order valence-electron chi connectivity index (χ3n) is 1.84. The van der Waals surface area contributed by atoms with E-state index < -0.39 is 0 Å². The average Bonchev–Trinajstić information content (AvgIpc) is 2.82. The van der Waals surface area contributed by atoms with Crippen molar-refractivity contribution in [3.05, 3.63) is 26.6 Å². The van der Waals surface area contributed by atoms with Crippen molar-refractivity contribution in [2.24, 2.45) is 5.10 Å². The van der Waals surface area contributed by atoms with Gasteiger partial charge in [0.1, 0.15) is 0 Å². The second-order valence-electron chi connectivity index (χ2n) is 2.96. The van der Waals surface area contributed by atoms with Gasteiger partial charge in [-0.3, -0.25) is 0 Å². The first-order valence-corrected chi connectivity index (χ1v) is 7.35. The fraction of sp³-hybridized carbons (Fsp3) is 0.222. The quantitative estimate of drug-likeness (QED) is 0.645. The van der Waals surface area contributed by atoms with Crippen LogP contribution < -0.4 is 0 Å². The first-order valence-electron chi connectivity index (χ1n) is 4.45. The molecule has 84 valence electrons. The third kappa shape index (κ3) is 2.53. The Morgan fingerprint density at radius 2 is 2.38 bits per heavy atom. The molecule has 2 rings (SSSR count). The summed E-state index contributed by atoms with van der Waals surface area (Å²) in [6, 6.07) is 2.02. The number of hydrogen-bond acceptors (Lipinski definition) is 5. The van der Waals surface area contributed by atoms with Gasteiger partial charge >= 0.3 is 0 Å². The number of aryl methyl sites for hydroxylation is 1. The Kier molecular flexibility index (Phi) is 3.78. The Balaban J connectivity index is 2.26. The van der Waals surface area contributed by atoms with Crippen LogP contribution in [0.4, 0.5) is 0 Å². The second-order valence-corrected chi connectivity index (χ2v) is 5.59. The predicted molar refractivity (Wildman–Crippen MR) is 71.6 cm³/mol. The largest absolute Gasteiger partial charge is 0.211 e. The van der Waals surface area contributed by atoms with Gasteiger partial charge < -0.3 is 0 Å². The van der Waals surface area contributed by atoms with E-state index in [1.54, 1.807) is 16.0 Å². The van der Waals surface area contributed by atoms with E-state index in [-0.39, 0.29) is 0 Å². The summed E-state index contributed by atoms with van der Waals surface area (Å²) < 4.78 is 2.81. The van der Waals surface area contributed by atoms with E-state index in [1.165, 1.54) is 11.8 Å². The maximum Gasteiger partial charge on any atom is 0.211 e. The van der Waals surface area contributed by atoms with Crippen molar-refractivity contribution in [1.29, 1.82) is 0 Å². The van der Waals surface area contributed by atoms with Crippen LogP contribution in [0.15, 0.2) is 26.2 Å². The first-order chi connectivity index (χ1) is 7.70. The third-order valence-corrected chi connectivity index (χ3v) is 4.09. The van der Waals surface area contributed by atoms with Crippen LogP contribution in [0.2, 0.25) is 0 Å². The van der Waals surface area contributed by atoms with E-state index >= 15 is 0 Å². The van der Waals surface area contributed by atoms with Crippen LogP contribution in [0, 0.1) is 6.92 Å². The predicted octanol–water partition coefficient (Wildman–Crippen LogP) is 3.01. The number of rotatable bonds is 3. The molecular formula is C9H9BrN4S2. The molecule has 0 aliphatic rings. The number of thiophene rings is 1. The summed E-state index contributed by atoms with van der Waals surface area (Å²) in [5, 5.41) is 15.2. The van der Waals surface area contributed by atoms with Gasteiger partial charge in [0.15, 0.2) is 5.82 Å². The van der Waals surface area contributed by atoms with Gasteiger partial charge in [0.05, 0.1) is 6.21 Å². The summed E-state index contributed by atoms with van der Waals surface area (Å²) >= 11 is 6.57. The van der Waals surface area contributed by atoms with Gasteiger partial charge in [0.2, 0.25) is 5.16 Å². The molecule has 0 amide bonds. The van der Waals surface area contributed by atoms with Gasteiger partial charge in [-0.05, 0) is 35.2 Å². The number of thioether (sulfide) groups is 1. The lowest BCUT2D eigenvalue weighted by Crippen LogP contribution is -1.94. The number of aromatic nitrogens is 3. The van der Waals surface area contributed by atoms with Crippen molar-refractivity contribution in [3.63, 3.8) is 0 Å². The summed E-state index contributed by atoms with van der Waals surface area (Å²) in [5.74, 6) is 0.788. The fourth-order valence-corrected chi connectivity index (χ4v) is 2.88. The van der Waals surface area contributed by atoms with E-state index in [9.17, 15) is 0 Å². The zero-order valence-corrected chi connectivity index (χ0v) is 11.9. The molecule has 2 aromatic rings. The van der Waals surface area contributed by atoms with Crippen LogP contribution in [0.25, 0.3) is 0 Å². The molecule has 0 atom stereocenters. The summed E-state index contributed by atoms with van der Waals surface area (Å²) in [6.45, 7) is 1.88. The van der Waals surface area contributed by atoms with Gasteiger partial charge in [-0.15, -0.1) is 21.5 Å². The second kappa shape index (κ2) is 5.11. The van der Waals surface area contributed by atoms with Crippen molar-refractivity contribution in [2.75, 3.05) is 6.26 Å². The van der Waals surface area contributed by atoms with E-state index in [4.69, 9.17) is 0 Å². The van der Waals surface area contributed by atoms with Crippen LogP contribution in [0.5, 0.6) is 0 Å². The van der Waals surface area contributed by atoms with Crippen LogP contribution in [-0.4, -0.2) is 27.3 Å². The molecule has 0 bridgehead atoms. The molecule has 4 nitrogen and oxygen atoms in total. The lowest BCUT2D eigenvalue weighted by molar-refractivity contribution is 0.745. The fourth-order valence-electron chi connectivity index (χ4n) is 1.11. The Morgan fingerprint density at radius 1 is 1.56 bits per heavy atom. The number of nitrogens with zero attached hydrogens (tertiary/aromatic N) is 4. The normalized spacial score (nSPS) is 11.4. The molecule has 0 aliphatic carbocycles. The smallest absolute Gasteiger partial charge is 0.192 e. The molecule has 0 aliphatic heterocycles. The Bertz CT molecular complexity index is 517. The van der Waals surface area contributed by atoms with E-state index in [0.29, 0.717) is 0 Å². The summed E-state index contributed by atoms with van der Waals surface area (Å²) in [4.78, 5) is 1.09. The highest BCUT2D eigenvalue weighted by atomic mass is 79.9. The molecule has 2 aromatic heterocycles. The minimum atomic E-state index is 0.788. The van der Waals surface area contributed by atoms with Crippen molar-refractivity contribution in [1.82, 2.24) is 14.9 Å². The molecule has 0 unspecified atom stereocenters. The van der Waals surface area contributed by atoms with Crippen LogP contribution in [0.3, 0.4) is 0 Å². The van der Waals surface area contributed by atoms with Gasteiger partial charge in [-0.2, -0.15) is 9.78 Å². The molecule has 0 radical (unpaired) electrons. The maximum atomic E-state index is 4.36. The molecule has 2 heterocycles. The molecule has 16 heavy (non-hydrogen) atoms. The minimum absolute atomic E-state index is 0.788. The van der Waals surface area contributed by atoms with Crippen LogP contribution in [-0.2, 0) is 0 Å². The molecule has 0 fully saturated rings. The zero-order chi connectivity index (χ0) is 11.5. The zero-order valence-electron chi connectivity index (χ0n) is 8.72. The first kappa shape index (κ1) is 11.8. The van der Waals surface area contributed by atoms with E-state index in [0.717, 1.165) is 20.3 Å². The molecule has 0 saturated carbocycles. The van der Waals surface area contributed by atoms with Crippen LogP contribution >= 0.6 is 39.0 Å². The lowest BCUT2D eigenvalue weighted by atomic mass is 10.5. The van der Waals surface area contributed by atoms with Gasteiger partial charge in [0.25, 0.3) is 0 Å². The summed E-state index contributed by atoms with van der Waals surface area (Å²) in [6.07, 6.45) is 3.77. The summed E-state index contributed by atoms with van der Waals surface area (Å²) in [7, 11) is 0. The SMILES string of the molecule is CSc1nnc(C)n1/N=C\c1cc(Br)cs1. The molecular weight excluding hydrogens is 308 g/mol. The van der Waals surface area contributed by atoms with E-state index in [1.807, 2.05) is 30.8 Å². The highest BCUT2D eigenvalue weighted by Crippen LogP contribution is 2.18. The Hall–Kier alpha value is -0.660. The lowest BCUT2D eigenvalue weighted by Gasteiger charge is -1.97. The van der Waals surface area contributed by atoms with Crippen molar-refractivity contribution >= 4 is 45.2 Å². The maximum absolute atomic E-state index is 4.36. The van der Waals surface area contributed by atoms with Gasteiger partial charge in [0, 0.05) is 14.7 Å². The van der Waals surface area contributed by atoms with E-state index in [2.05, 4.69) is 31.2 Å². The number of hydrogen-bond donors (Lipinski definition) is 0. The van der Waals surface area contributed by atoms with Crippen LogP contribution in [0.1, 0.15) is 10.7 Å². The molecule has 0 saturated heterocycles. The monoisotopic (exact) mass is 316 g/mol. The van der Waals surface area contributed by atoms with Gasteiger partial charge in [-0.25, -0.2) is 0 Å². The highest BCUT2D eigenvalue weighted by Gasteiger charge is 2.05. The Labute approximate surface area is 110 Å². The highest BCUT2D eigenvalue weighted by molar-refractivity contribution is 9.10. The van der Waals surface area contributed by atoms with Crippen molar-refractivity contribution in [2.45, 2.75) is 12.1 Å². The van der Waals surface area contributed by atoms with Crippen molar-refractivity contribution < 1.29 is 0 Å². The topological polar surface area (TPSA) is 43.1 Å². The van der Waals surface area contributed by atoms with Crippen molar-refractivity contribution in [3.8, 4) is 0 Å². The molecule has 7 heteroatoms. The number of halogens is 1. The average molecular weight is 317 g/mol. The minimum Gasteiger partial charge on any atom is -0.192 e. The molecule has 0 N–H and O–H groups in total. The standard InChI is InChI=1S/C9H9BrN4S2/c1-6-12-13-9(15-2)14(6)11-4-8-3-7(10)5-16-8/h3-5H,1-2H3/b11-4-. The summed E-state index contributed by atoms with van der Waals surface area (Å²) in [5.41, 5.74) is 0. The molecule has 0 aromatic carbocycles. The van der Waals surface area contributed by atoms with Gasteiger partial charge in [-0.1, -0.05) is 11.8 Å². The molecule has 0 spiro atoms. The Morgan fingerprint density at radius 3 is 3.00 bits per heavy atom.